The van der Waals surface area contributed by atoms with Gasteiger partial charge in [-0.3, -0.25) is 4.79 Å². The molecule has 0 bridgehead atoms. The van der Waals surface area contributed by atoms with E-state index >= 15 is 0 Å². The summed E-state index contributed by atoms with van der Waals surface area (Å²) in [7, 11) is 1.54. The van der Waals surface area contributed by atoms with E-state index in [0.717, 1.165) is 5.56 Å². The van der Waals surface area contributed by atoms with Crippen LogP contribution in [0.25, 0.3) is 0 Å². The molecule has 0 aliphatic rings. The number of likely N-dealkylation sites (N-methyl/N-ethyl adjacent to an activating group) is 1. The van der Waals surface area contributed by atoms with Gasteiger partial charge in [-0.25, -0.2) is 4.79 Å². The number of ether oxygens (including phenoxy) is 1. The predicted octanol–water partition coefficient (Wildman–Crippen LogP) is 1.87. The number of hydrogen-bond donors (Lipinski definition) is 2. The highest BCUT2D eigenvalue weighted by Gasteiger charge is 2.23. The Balaban J connectivity index is 2.70. The first-order valence-corrected chi connectivity index (χ1v) is 6.57. The van der Waals surface area contributed by atoms with E-state index in [4.69, 9.17) is 4.74 Å². The molecule has 0 radical (unpaired) electrons. The number of rotatable bonds is 4. The Morgan fingerprint density at radius 3 is 2.30 bits per heavy atom. The molecule has 2 N–H and O–H groups in total. The van der Waals surface area contributed by atoms with Gasteiger partial charge in [0.25, 0.3) is 0 Å². The number of hydrogen-bond acceptors (Lipinski definition) is 3. The number of nitrogens with one attached hydrogen (secondary N) is 2. The van der Waals surface area contributed by atoms with Crippen LogP contribution in [0, 0.1) is 0 Å². The zero-order valence-corrected chi connectivity index (χ0v) is 12.4. The molecule has 0 saturated carbocycles. The highest BCUT2D eigenvalue weighted by atomic mass is 16.6. The molecule has 110 valence electrons. The van der Waals surface area contributed by atoms with Crippen LogP contribution in [0.1, 0.15) is 26.3 Å². The maximum atomic E-state index is 11.8. The van der Waals surface area contributed by atoms with Gasteiger partial charge in [0.1, 0.15) is 11.6 Å². The van der Waals surface area contributed by atoms with Gasteiger partial charge in [-0.15, -0.1) is 0 Å². The zero-order valence-electron chi connectivity index (χ0n) is 12.4. The second-order valence-corrected chi connectivity index (χ2v) is 5.50. The lowest BCUT2D eigenvalue weighted by Crippen LogP contribution is -2.48. The smallest absolute Gasteiger partial charge is 0.408 e. The van der Waals surface area contributed by atoms with E-state index < -0.39 is 17.7 Å². The summed E-state index contributed by atoms with van der Waals surface area (Å²) in [6, 6.07) is 8.85. The van der Waals surface area contributed by atoms with Crippen molar-refractivity contribution in [3.05, 3.63) is 35.9 Å². The van der Waals surface area contributed by atoms with Crippen molar-refractivity contribution in [1.82, 2.24) is 10.6 Å². The number of carbonyl (C=O) groups is 2. The summed E-state index contributed by atoms with van der Waals surface area (Å²) >= 11 is 0. The van der Waals surface area contributed by atoms with Gasteiger partial charge in [0.15, 0.2) is 0 Å². The largest absolute Gasteiger partial charge is 0.444 e. The lowest BCUT2D eigenvalue weighted by molar-refractivity contribution is -0.122. The lowest BCUT2D eigenvalue weighted by Gasteiger charge is -2.23. The standard InChI is InChI=1S/C15H22N2O3/c1-15(2,3)20-14(19)17-12(13(18)16-4)10-11-8-6-5-7-9-11/h5-9,12H,10H2,1-4H3,(H,16,18)(H,17,19)/t12-/m1/s1. The Morgan fingerprint density at radius 2 is 1.80 bits per heavy atom. The molecule has 0 fully saturated rings. The third-order valence-corrected chi connectivity index (χ3v) is 2.54. The molecule has 0 saturated heterocycles. The third-order valence-electron chi connectivity index (χ3n) is 2.54. The van der Waals surface area contributed by atoms with Crippen LogP contribution in [0.5, 0.6) is 0 Å². The average molecular weight is 278 g/mol. The molecule has 0 spiro atoms. The van der Waals surface area contributed by atoms with Crippen molar-refractivity contribution < 1.29 is 14.3 Å². The van der Waals surface area contributed by atoms with Crippen LogP contribution < -0.4 is 10.6 Å². The normalized spacial score (nSPS) is 12.4. The van der Waals surface area contributed by atoms with E-state index in [2.05, 4.69) is 10.6 Å². The molecule has 0 aliphatic heterocycles. The minimum atomic E-state index is -0.655. The second-order valence-electron chi connectivity index (χ2n) is 5.50. The van der Waals surface area contributed by atoms with E-state index in [1.807, 2.05) is 30.3 Å². The Morgan fingerprint density at radius 1 is 1.20 bits per heavy atom. The molecular formula is C15H22N2O3. The highest BCUT2D eigenvalue weighted by Crippen LogP contribution is 2.08. The second kappa shape index (κ2) is 6.93. The molecule has 0 aliphatic carbocycles. The summed E-state index contributed by atoms with van der Waals surface area (Å²) in [5.41, 5.74) is 0.376. The minimum absolute atomic E-state index is 0.250. The summed E-state index contributed by atoms with van der Waals surface area (Å²) < 4.78 is 5.17. The summed E-state index contributed by atoms with van der Waals surface area (Å²) in [5.74, 6) is -0.250. The molecular weight excluding hydrogens is 256 g/mol. The highest BCUT2D eigenvalue weighted by molar-refractivity contribution is 5.85. The molecule has 20 heavy (non-hydrogen) atoms. The number of benzene rings is 1. The molecule has 0 heterocycles. The van der Waals surface area contributed by atoms with Crippen LogP contribution in [-0.2, 0) is 16.0 Å². The molecule has 1 atom stereocenters. The van der Waals surface area contributed by atoms with Crippen LogP contribution in [-0.4, -0.2) is 30.7 Å². The van der Waals surface area contributed by atoms with E-state index in [0.29, 0.717) is 6.42 Å². The zero-order chi connectivity index (χ0) is 15.2. The van der Waals surface area contributed by atoms with E-state index in [9.17, 15) is 9.59 Å². The molecule has 0 aromatic heterocycles. The Kier molecular flexibility index (Phi) is 5.55. The van der Waals surface area contributed by atoms with Crippen molar-refractivity contribution in [2.75, 3.05) is 7.05 Å². The quantitative estimate of drug-likeness (QED) is 0.883. The first-order chi connectivity index (χ1) is 9.31. The Labute approximate surface area is 119 Å². The van der Waals surface area contributed by atoms with E-state index in [1.165, 1.54) is 7.05 Å². The first kappa shape index (κ1) is 16.0. The van der Waals surface area contributed by atoms with Gasteiger partial charge in [-0.1, -0.05) is 30.3 Å². The van der Waals surface area contributed by atoms with Crippen molar-refractivity contribution in [3.63, 3.8) is 0 Å². The van der Waals surface area contributed by atoms with Crippen LogP contribution in [0.15, 0.2) is 30.3 Å². The van der Waals surface area contributed by atoms with E-state index in [-0.39, 0.29) is 5.91 Å². The van der Waals surface area contributed by atoms with Gasteiger partial charge < -0.3 is 15.4 Å². The average Bonchev–Trinajstić information content (AvgIpc) is 2.36. The molecule has 1 aromatic carbocycles. The van der Waals surface area contributed by atoms with Gasteiger partial charge in [0.2, 0.25) is 5.91 Å². The summed E-state index contributed by atoms with van der Waals surface area (Å²) in [6.07, 6.45) is -0.179. The van der Waals surface area contributed by atoms with Crippen molar-refractivity contribution in [2.24, 2.45) is 0 Å². The van der Waals surface area contributed by atoms with Gasteiger partial charge in [-0.2, -0.15) is 0 Å². The molecule has 5 heteroatoms. The number of carbonyl (C=O) groups excluding carboxylic acids is 2. The van der Waals surface area contributed by atoms with Gasteiger partial charge in [0.05, 0.1) is 0 Å². The molecule has 0 unspecified atom stereocenters. The van der Waals surface area contributed by atoms with Crippen LogP contribution in [0.3, 0.4) is 0 Å². The third kappa shape index (κ3) is 5.73. The van der Waals surface area contributed by atoms with Crippen molar-refractivity contribution >= 4 is 12.0 Å². The summed E-state index contributed by atoms with van der Waals surface area (Å²) in [4.78, 5) is 23.6. The van der Waals surface area contributed by atoms with E-state index in [1.54, 1.807) is 20.8 Å². The molecule has 1 rings (SSSR count). The SMILES string of the molecule is CNC(=O)[C@@H](Cc1ccccc1)NC(=O)OC(C)(C)C. The fourth-order valence-electron chi connectivity index (χ4n) is 1.68. The summed E-state index contributed by atoms with van der Waals surface area (Å²) in [5, 5.41) is 5.14. The predicted molar refractivity (Wildman–Crippen MR) is 77.4 cm³/mol. The fourth-order valence-corrected chi connectivity index (χ4v) is 1.68. The van der Waals surface area contributed by atoms with Crippen LogP contribution >= 0.6 is 0 Å². The monoisotopic (exact) mass is 278 g/mol. The van der Waals surface area contributed by atoms with Gasteiger partial charge in [0, 0.05) is 13.5 Å². The van der Waals surface area contributed by atoms with Crippen LogP contribution in [0.4, 0.5) is 4.79 Å². The minimum Gasteiger partial charge on any atom is -0.444 e. The first-order valence-electron chi connectivity index (χ1n) is 6.57. The fraction of sp³-hybridized carbons (Fsp3) is 0.467. The maximum absolute atomic E-state index is 11.8. The van der Waals surface area contributed by atoms with Crippen molar-refractivity contribution in [2.45, 2.75) is 38.8 Å². The molecule has 2 amide bonds. The van der Waals surface area contributed by atoms with Gasteiger partial charge in [-0.05, 0) is 26.3 Å². The number of alkyl carbamates (subject to hydrolysis) is 1. The van der Waals surface area contributed by atoms with Crippen molar-refractivity contribution in [1.29, 1.82) is 0 Å². The van der Waals surface area contributed by atoms with Gasteiger partial charge >= 0.3 is 6.09 Å². The summed E-state index contributed by atoms with van der Waals surface area (Å²) in [6.45, 7) is 5.33. The molecule has 5 nitrogen and oxygen atoms in total. The lowest BCUT2D eigenvalue weighted by atomic mass is 10.1. The number of amides is 2. The van der Waals surface area contributed by atoms with Crippen molar-refractivity contribution in [3.8, 4) is 0 Å². The molecule has 1 aromatic rings. The Bertz CT molecular complexity index is 452. The topological polar surface area (TPSA) is 67.4 Å². The van der Waals surface area contributed by atoms with Crippen LogP contribution in [0.2, 0.25) is 0 Å². The maximum Gasteiger partial charge on any atom is 0.408 e. The Hall–Kier alpha value is -2.04.